The molecule has 0 aliphatic heterocycles. The molecular weight excluding hydrogens is 507 g/mol. The number of ether oxygens (including phenoxy) is 2. The molecule has 0 saturated heterocycles. The summed E-state index contributed by atoms with van der Waals surface area (Å²) in [5, 5.41) is 11.9. The molecule has 0 aromatic heterocycles. The molecule has 0 aliphatic carbocycles. The van der Waals surface area contributed by atoms with Gasteiger partial charge >= 0.3 is 24.1 Å². The maximum atomic E-state index is 13.1. The molecule has 0 bridgehead atoms. The number of esters is 2. The first-order chi connectivity index (χ1) is 17.8. The average Bonchev–Trinajstić information content (AvgIpc) is 2.85. The van der Waals surface area contributed by atoms with Crippen LogP contribution in [0.25, 0.3) is 0 Å². The molecule has 3 rings (SSSR count). The zero-order valence-electron chi connectivity index (χ0n) is 20.1. The van der Waals surface area contributed by atoms with Crippen molar-refractivity contribution in [3.8, 4) is 0 Å². The predicted octanol–water partition coefficient (Wildman–Crippen LogP) is 4.80. The number of hydrogen-bond donors (Lipinski definition) is 2. The van der Waals surface area contributed by atoms with E-state index < -0.39 is 47.8 Å². The van der Waals surface area contributed by atoms with Gasteiger partial charge in [-0.1, -0.05) is 41.5 Å². The zero-order chi connectivity index (χ0) is 28.0. The highest BCUT2D eigenvalue weighted by molar-refractivity contribution is 6.01. The van der Waals surface area contributed by atoms with Crippen LogP contribution in [0.2, 0.25) is 0 Å². The Morgan fingerprint density at radius 3 is 1.74 bits per heavy atom. The molecule has 2 atom stereocenters. The Labute approximate surface area is 215 Å². The van der Waals surface area contributed by atoms with Crippen molar-refractivity contribution in [2.75, 3.05) is 5.32 Å². The van der Waals surface area contributed by atoms with Crippen LogP contribution in [-0.2, 0) is 25.2 Å². The van der Waals surface area contributed by atoms with Gasteiger partial charge in [-0.2, -0.15) is 13.2 Å². The Bertz CT molecular complexity index is 1370. The number of anilines is 1. The van der Waals surface area contributed by atoms with E-state index in [9.17, 15) is 37.5 Å². The lowest BCUT2D eigenvalue weighted by Gasteiger charge is -2.24. The fourth-order valence-electron chi connectivity index (χ4n) is 3.39. The summed E-state index contributed by atoms with van der Waals surface area (Å²) in [6.07, 6.45) is -9.31. The van der Waals surface area contributed by atoms with Crippen molar-refractivity contribution in [2.24, 2.45) is 0 Å². The number of amides is 1. The standard InChI is InChI=1S/C27H22F3NO7/c1-15-6-3-8-17(12-15)25(35)37-21(23(32)31-20-11-5-10-19(14-20)27(28,29)30)22(24(33)34)38-26(36)18-9-4-7-16(2)13-18/h3-14,21-22H,1-2H3,(H,31,32)(H,33,34)/t21-,22+/m1/s1. The van der Waals surface area contributed by atoms with Crippen LogP contribution in [0.15, 0.2) is 72.8 Å². The minimum atomic E-state index is -4.72. The second-order valence-corrected chi connectivity index (χ2v) is 8.30. The molecule has 2 N–H and O–H groups in total. The molecular formula is C27H22F3NO7. The number of aliphatic carboxylic acids is 1. The van der Waals surface area contributed by atoms with E-state index >= 15 is 0 Å². The topological polar surface area (TPSA) is 119 Å². The van der Waals surface area contributed by atoms with Gasteiger partial charge in [0.05, 0.1) is 16.7 Å². The number of carbonyl (C=O) groups is 4. The van der Waals surface area contributed by atoms with E-state index in [2.05, 4.69) is 5.32 Å². The van der Waals surface area contributed by atoms with Crippen LogP contribution in [-0.4, -0.2) is 41.1 Å². The van der Waals surface area contributed by atoms with Gasteiger partial charge in [0.25, 0.3) is 5.91 Å². The van der Waals surface area contributed by atoms with E-state index in [0.717, 1.165) is 18.2 Å². The van der Waals surface area contributed by atoms with Crippen molar-refractivity contribution < 1.29 is 46.9 Å². The number of alkyl halides is 3. The number of carbonyl (C=O) groups excluding carboxylic acids is 3. The quantitative estimate of drug-likeness (QED) is 0.403. The maximum absolute atomic E-state index is 13.1. The Morgan fingerprint density at radius 2 is 1.26 bits per heavy atom. The Hall–Kier alpha value is -4.67. The summed E-state index contributed by atoms with van der Waals surface area (Å²) in [4.78, 5) is 50.7. The molecule has 0 spiro atoms. The molecule has 0 saturated carbocycles. The van der Waals surface area contributed by atoms with Gasteiger partial charge in [0.15, 0.2) is 0 Å². The van der Waals surface area contributed by atoms with Crippen LogP contribution in [0.1, 0.15) is 37.4 Å². The van der Waals surface area contributed by atoms with E-state index in [-0.39, 0.29) is 16.8 Å². The Morgan fingerprint density at radius 1 is 0.763 bits per heavy atom. The number of aryl methyl sites for hydroxylation is 2. The normalized spacial score (nSPS) is 12.7. The van der Waals surface area contributed by atoms with E-state index in [4.69, 9.17) is 9.47 Å². The third-order valence-corrected chi connectivity index (χ3v) is 5.21. The third-order valence-electron chi connectivity index (χ3n) is 5.21. The van der Waals surface area contributed by atoms with Gasteiger partial charge in [-0.05, 0) is 56.3 Å². The first-order valence-electron chi connectivity index (χ1n) is 11.1. The van der Waals surface area contributed by atoms with Crippen molar-refractivity contribution in [1.29, 1.82) is 0 Å². The van der Waals surface area contributed by atoms with Crippen LogP contribution in [0.3, 0.4) is 0 Å². The van der Waals surface area contributed by atoms with E-state index in [1.165, 1.54) is 36.4 Å². The first kappa shape index (κ1) is 27.9. The summed E-state index contributed by atoms with van der Waals surface area (Å²) in [6.45, 7) is 3.36. The summed E-state index contributed by atoms with van der Waals surface area (Å²) in [6, 6.07) is 15.5. The molecule has 0 aliphatic rings. The van der Waals surface area contributed by atoms with E-state index in [1.807, 2.05) is 0 Å². The molecule has 8 nitrogen and oxygen atoms in total. The average molecular weight is 529 g/mol. The summed E-state index contributed by atoms with van der Waals surface area (Å²) >= 11 is 0. The fraction of sp³-hybridized carbons (Fsp3) is 0.185. The van der Waals surface area contributed by atoms with E-state index in [1.54, 1.807) is 26.0 Å². The van der Waals surface area contributed by atoms with Gasteiger partial charge in [-0.3, -0.25) is 4.79 Å². The second-order valence-electron chi connectivity index (χ2n) is 8.30. The summed E-state index contributed by atoms with van der Waals surface area (Å²) in [5.41, 5.74) is -0.171. The molecule has 0 heterocycles. The van der Waals surface area contributed by atoms with Gasteiger partial charge in [-0.15, -0.1) is 0 Å². The molecule has 3 aromatic carbocycles. The number of carboxylic acids is 1. The van der Waals surface area contributed by atoms with Gasteiger partial charge in [0.1, 0.15) is 0 Å². The number of rotatable bonds is 8. The summed E-state index contributed by atoms with van der Waals surface area (Å²) in [5.74, 6) is -5.39. The van der Waals surface area contributed by atoms with Crippen LogP contribution in [0.4, 0.5) is 18.9 Å². The summed E-state index contributed by atoms with van der Waals surface area (Å²) < 4.78 is 49.5. The Balaban J connectivity index is 1.95. The van der Waals surface area contributed by atoms with Crippen molar-refractivity contribution in [3.05, 3.63) is 101 Å². The Kier molecular flexibility index (Phi) is 8.51. The largest absolute Gasteiger partial charge is 0.478 e. The number of benzene rings is 3. The number of halogens is 3. The van der Waals surface area contributed by atoms with Gasteiger partial charge in [0, 0.05) is 5.69 Å². The monoisotopic (exact) mass is 529 g/mol. The SMILES string of the molecule is Cc1cccc(C(=O)O[C@H](C(=O)O)[C@@H](OC(=O)c2cccc(C)c2)C(=O)Nc2cccc(C(F)(F)F)c2)c1. The van der Waals surface area contributed by atoms with Crippen molar-refractivity contribution in [3.63, 3.8) is 0 Å². The fourth-order valence-corrected chi connectivity index (χ4v) is 3.39. The van der Waals surface area contributed by atoms with Crippen LogP contribution >= 0.6 is 0 Å². The predicted molar refractivity (Wildman–Crippen MR) is 128 cm³/mol. The lowest BCUT2D eigenvalue weighted by molar-refractivity contribution is -0.157. The van der Waals surface area contributed by atoms with Crippen molar-refractivity contribution >= 4 is 29.5 Å². The van der Waals surface area contributed by atoms with Gasteiger partial charge in [-0.25, -0.2) is 14.4 Å². The molecule has 38 heavy (non-hydrogen) atoms. The third kappa shape index (κ3) is 7.19. The highest BCUT2D eigenvalue weighted by Gasteiger charge is 2.41. The lowest BCUT2D eigenvalue weighted by Crippen LogP contribution is -2.48. The minimum absolute atomic E-state index is 0.0294. The molecule has 0 fully saturated rings. The van der Waals surface area contributed by atoms with Gasteiger partial charge in [0.2, 0.25) is 12.2 Å². The first-order valence-corrected chi connectivity index (χ1v) is 11.1. The minimum Gasteiger partial charge on any atom is -0.478 e. The van der Waals surface area contributed by atoms with Crippen LogP contribution in [0.5, 0.6) is 0 Å². The van der Waals surface area contributed by atoms with Gasteiger partial charge < -0.3 is 19.9 Å². The second kappa shape index (κ2) is 11.6. The number of hydrogen-bond acceptors (Lipinski definition) is 6. The smallest absolute Gasteiger partial charge is 0.416 e. The molecule has 3 aromatic rings. The number of nitrogens with one attached hydrogen (secondary N) is 1. The van der Waals surface area contributed by atoms with Crippen molar-refractivity contribution in [1.82, 2.24) is 0 Å². The van der Waals surface area contributed by atoms with Crippen molar-refractivity contribution in [2.45, 2.75) is 32.2 Å². The molecule has 11 heteroatoms. The molecule has 0 unspecified atom stereocenters. The molecule has 0 radical (unpaired) electrons. The summed E-state index contributed by atoms with van der Waals surface area (Å²) in [7, 11) is 0. The lowest BCUT2D eigenvalue weighted by atomic mass is 10.1. The maximum Gasteiger partial charge on any atom is 0.416 e. The van der Waals surface area contributed by atoms with Crippen LogP contribution < -0.4 is 5.32 Å². The highest BCUT2D eigenvalue weighted by Crippen LogP contribution is 2.30. The molecule has 1 amide bonds. The number of carboxylic acid groups (broad SMARTS) is 1. The highest BCUT2D eigenvalue weighted by atomic mass is 19.4. The zero-order valence-corrected chi connectivity index (χ0v) is 20.1. The van der Waals surface area contributed by atoms with E-state index in [0.29, 0.717) is 17.2 Å². The van der Waals surface area contributed by atoms with Crippen LogP contribution in [0, 0.1) is 13.8 Å². The molecule has 198 valence electrons.